The van der Waals surface area contributed by atoms with Gasteiger partial charge in [0.2, 0.25) is 0 Å². The van der Waals surface area contributed by atoms with Crippen molar-refractivity contribution in [2.75, 3.05) is 34.2 Å². The molecule has 1 unspecified atom stereocenters. The Morgan fingerprint density at radius 1 is 0.814 bits per heavy atom. The minimum atomic E-state index is -1.48. The van der Waals surface area contributed by atoms with E-state index >= 15 is 0 Å². The van der Waals surface area contributed by atoms with Gasteiger partial charge in [0.05, 0.1) is 19.3 Å². The Kier molecular flexibility index (Phi) is 12.7. The van der Waals surface area contributed by atoms with Gasteiger partial charge < -0.3 is 23.7 Å². The predicted molar refractivity (Wildman–Crippen MR) is 179 cm³/mol. The maximum atomic E-state index is 6.46. The molecule has 3 aromatic rings. The topological polar surface area (TPSA) is 46.2 Å². The van der Waals surface area contributed by atoms with E-state index in [1.54, 1.807) is 14.2 Å². The summed E-state index contributed by atoms with van der Waals surface area (Å²) < 4.78 is 29.7. The smallest absolute Gasteiger partial charge is 0.161 e. The minimum Gasteiger partial charge on any atom is -0.493 e. The fourth-order valence-corrected chi connectivity index (χ4v) is 10.4. The number of benzene rings is 3. The predicted octanol–water partition coefficient (Wildman–Crippen LogP) is 7.18. The molecule has 1 aliphatic rings. The summed E-state index contributed by atoms with van der Waals surface area (Å²) in [5, 5.41) is 3.05. The molecule has 1 aliphatic carbocycles. The zero-order valence-electron chi connectivity index (χ0n) is 27.1. The highest BCUT2D eigenvalue weighted by atomic mass is 28.3. The first kappa shape index (κ1) is 33.3. The van der Waals surface area contributed by atoms with Gasteiger partial charge in [0.15, 0.2) is 11.5 Å². The van der Waals surface area contributed by atoms with Crippen LogP contribution in [-0.2, 0) is 14.2 Å². The molecule has 0 aromatic heterocycles. The molecule has 1 atom stereocenters. The van der Waals surface area contributed by atoms with E-state index in [4.69, 9.17) is 23.7 Å². The summed E-state index contributed by atoms with van der Waals surface area (Å²) in [6, 6.07) is 28.3. The van der Waals surface area contributed by atoms with Crippen molar-refractivity contribution in [2.24, 2.45) is 11.8 Å². The van der Waals surface area contributed by atoms with Crippen molar-refractivity contribution >= 4 is 19.2 Å². The Morgan fingerprint density at radius 2 is 1.44 bits per heavy atom. The van der Waals surface area contributed by atoms with Gasteiger partial charge in [-0.15, -0.1) is 0 Å². The lowest BCUT2D eigenvalue weighted by atomic mass is 9.77. The van der Waals surface area contributed by atoms with Crippen LogP contribution in [0.25, 0.3) is 0 Å². The number of ether oxygens (including phenoxy) is 5. The molecule has 234 valence electrons. The highest BCUT2D eigenvalue weighted by Crippen LogP contribution is 2.42. The molecule has 0 radical (unpaired) electrons. The molecular formula is C37H52O5Si. The molecule has 0 N–H and O–H groups in total. The molecule has 0 heterocycles. The van der Waals surface area contributed by atoms with Gasteiger partial charge in [-0.05, 0) is 80.5 Å². The first-order valence-corrected chi connectivity index (χ1v) is 17.7. The van der Waals surface area contributed by atoms with E-state index in [1.165, 1.54) is 23.2 Å². The van der Waals surface area contributed by atoms with Crippen LogP contribution in [0, 0.1) is 11.8 Å². The summed E-state index contributed by atoms with van der Waals surface area (Å²) in [5.74, 6) is 2.64. The SMILES string of the molecule is COCOC(c1ccc(OC)c(OC(C)C)c1)C1CCC(CCOCC(C)(C)[SiH](c2ccccc2)c2ccccc2)CC1. The molecule has 0 saturated heterocycles. The quantitative estimate of drug-likeness (QED) is 0.0985. The Labute approximate surface area is 261 Å². The van der Waals surface area contributed by atoms with E-state index in [0.29, 0.717) is 11.8 Å². The van der Waals surface area contributed by atoms with Gasteiger partial charge in [0.25, 0.3) is 0 Å². The van der Waals surface area contributed by atoms with Gasteiger partial charge in [-0.25, -0.2) is 0 Å². The summed E-state index contributed by atoms with van der Waals surface area (Å²) >= 11 is 0. The van der Waals surface area contributed by atoms with Gasteiger partial charge in [0, 0.05) is 20.3 Å². The van der Waals surface area contributed by atoms with Crippen molar-refractivity contribution in [3.05, 3.63) is 84.4 Å². The highest BCUT2D eigenvalue weighted by molar-refractivity contribution is 6.87. The largest absolute Gasteiger partial charge is 0.493 e. The molecule has 6 heteroatoms. The van der Waals surface area contributed by atoms with E-state index in [9.17, 15) is 0 Å². The molecule has 1 saturated carbocycles. The van der Waals surface area contributed by atoms with Crippen LogP contribution in [-0.4, -0.2) is 49.1 Å². The monoisotopic (exact) mass is 604 g/mol. The third kappa shape index (κ3) is 9.42. The average Bonchev–Trinajstić information content (AvgIpc) is 3.01. The van der Waals surface area contributed by atoms with Crippen LogP contribution in [0.5, 0.6) is 11.5 Å². The Balaban J connectivity index is 1.32. The standard InChI is InChI=1S/C37H52O5Si/c1-28(2)42-35-25-31(21-22-34(35)39-6)36(41-27-38-5)30-19-17-29(18-20-30)23-24-40-26-37(3,4)43(32-13-9-7-10-14-32)33-15-11-8-12-16-33/h7-16,21-22,25,28-30,36,43H,17-20,23-24,26-27H2,1-6H3. The second-order valence-corrected chi connectivity index (χ2v) is 16.7. The summed E-state index contributed by atoms with van der Waals surface area (Å²) in [4.78, 5) is 0. The van der Waals surface area contributed by atoms with E-state index in [1.807, 2.05) is 19.9 Å². The fraction of sp³-hybridized carbons (Fsp3) is 0.514. The van der Waals surface area contributed by atoms with Crippen LogP contribution >= 0.6 is 0 Å². The van der Waals surface area contributed by atoms with Gasteiger partial charge >= 0.3 is 0 Å². The lowest BCUT2D eigenvalue weighted by molar-refractivity contribution is -0.100. The third-order valence-electron chi connectivity index (χ3n) is 8.76. The molecular weight excluding hydrogens is 552 g/mol. The van der Waals surface area contributed by atoms with E-state index in [2.05, 4.69) is 86.6 Å². The Hall–Kier alpha value is -2.64. The fourth-order valence-electron chi connectivity index (χ4n) is 6.70. The highest BCUT2D eigenvalue weighted by Gasteiger charge is 2.34. The molecule has 0 aliphatic heterocycles. The number of hydrogen-bond acceptors (Lipinski definition) is 5. The maximum Gasteiger partial charge on any atom is 0.161 e. The molecule has 4 rings (SSSR count). The second kappa shape index (κ2) is 16.4. The first-order valence-electron chi connectivity index (χ1n) is 15.9. The van der Waals surface area contributed by atoms with Gasteiger partial charge in [-0.2, -0.15) is 0 Å². The minimum absolute atomic E-state index is 0.0313. The maximum absolute atomic E-state index is 6.46. The van der Waals surface area contributed by atoms with E-state index < -0.39 is 8.80 Å². The van der Waals surface area contributed by atoms with Crippen LogP contribution in [0.15, 0.2) is 78.9 Å². The van der Waals surface area contributed by atoms with Crippen molar-refractivity contribution in [1.82, 2.24) is 0 Å². The van der Waals surface area contributed by atoms with E-state index in [-0.39, 0.29) is 24.0 Å². The average molecular weight is 605 g/mol. The van der Waals surface area contributed by atoms with Crippen LogP contribution < -0.4 is 19.8 Å². The lowest BCUT2D eigenvalue weighted by Gasteiger charge is -2.35. The Morgan fingerprint density at radius 3 is 2.00 bits per heavy atom. The van der Waals surface area contributed by atoms with Crippen LogP contribution in [0.3, 0.4) is 0 Å². The summed E-state index contributed by atoms with van der Waals surface area (Å²) in [7, 11) is 1.88. The summed E-state index contributed by atoms with van der Waals surface area (Å²) in [5.41, 5.74) is 1.12. The lowest BCUT2D eigenvalue weighted by Crippen LogP contribution is -2.51. The zero-order chi connectivity index (χ0) is 30.7. The molecule has 5 nitrogen and oxygen atoms in total. The molecule has 0 amide bonds. The van der Waals surface area contributed by atoms with Crippen LogP contribution in [0.1, 0.15) is 71.5 Å². The van der Waals surface area contributed by atoms with Crippen molar-refractivity contribution in [1.29, 1.82) is 0 Å². The molecule has 0 bridgehead atoms. The zero-order valence-corrected chi connectivity index (χ0v) is 28.2. The first-order chi connectivity index (χ1) is 20.8. The van der Waals surface area contributed by atoms with Gasteiger partial charge in [-0.3, -0.25) is 0 Å². The second-order valence-electron chi connectivity index (χ2n) is 12.9. The number of rotatable bonds is 16. The van der Waals surface area contributed by atoms with Gasteiger partial charge in [0.1, 0.15) is 15.6 Å². The van der Waals surface area contributed by atoms with Crippen molar-refractivity contribution in [3.8, 4) is 11.5 Å². The normalized spacial score (nSPS) is 18.1. The van der Waals surface area contributed by atoms with Crippen molar-refractivity contribution in [3.63, 3.8) is 0 Å². The summed E-state index contributed by atoms with van der Waals surface area (Å²) in [6.45, 7) is 10.7. The van der Waals surface area contributed by atoms with Gasteiger partial charge in [-0.1, -0.05) is 91.0 Å². The van der Waals surface area contributed by atoms with Crippen LogP contribution in [0.4, 0.5) is 0 Å². The van der Waals surface area contributed by atoms with Crippen molar-refractivity contribution in [2.45, 2.75) is 77.0 Å². The van der Waals surface area contributed by atoms with Crippen LogP contribution in [0.2, 0.25) is 5.04 Å². The van der Waals surface area contributed by atoms with E-state index in [0.717, 1.165) is 49.5 Å². The number of hydrogen-bond donors (Lipinski definition) is 0. The molecule has 43 heavy (non-hydrogen) atoms. The summed E-state index contributed by atoms with van der Waals surface area (Å²) in [6.07, 6.45) is 5.81. The number of methoxy groups -OCH3 is 2. The Bertz CT molecular complexity index is 1170. The third-order valence-corrected chi connectivity index (χ3v) is 12.6. The molecule has 1 fully saturated rings. The molecule has 3 aromatic carbocycles. The molecule has 0 spiro atoms. The van der Waals surface area contributed by atoms with Crippen molar-refractivity contribution < 1.29 is 23.7 Å².